The van der Waals surface area contributed by atoms with Crippen LogP contribution < -0.4 is 5.73 Å². The molecule has 3 rings (SSSR count). The van der Waals surface area contributed by atoms with Crippen molar-refractivity contribution in [3.05, 3.63) is 39.3 Å². The van der Waals surface area contributed by atoms with Gasteiger partial charge < -0.3 is 5.73 Å². The highest BCUT2D eigenvalue weighted by molar-refractivity contribution is 7.19. The van der Waals surface area contributed by atoms with E-state index < -0.39 is 0 Å². The van der Waals surface area contributed by atoms with Crippen LogP contribution >= 0.6 is 34.3 Å². The molecule has 0 unspecified atom stereocenters. The van der Waals surface area contributed by atoms with Crippen molar-refractivity contribution in [2.45, 2.75) is 19.3 Å². The minimum absolute atomic E-state index is 0.641. The van der Waals surface area contributed by atoms with E-state index in [1.165, 1.54) is 11.3 Å². The quantitative estimate of drug-likeness (QED) is 0.787. The maximum Gasteiger partial charge on any atom is 0.180 e. The van der Waals surface area contributed by atoms with Crippen LogP contribution in [0.15, 0.2) is 23.6 Å². The predicted molar refractivity (Wildman–Crippen MR) is 83.2 cm³/mol. The second kappa shape index (κ2) is 5.45. The van der Waals surface area contributed by atoms with Gasteiger partial charge in [-0.1, -0.05) is 17.7 Å². The third-order valence-corrected chi connectivity index (χ3v) is 5.12. The van der Waals surface area contributed by atoms with E-state index in [0.29, 0.717) is 5.13 Å². The number of benzene rings is 1. The third-order valence-electron chi connectivity index (χ3n) is 2.80. The first-order valence-electron chi connectivity index (χ1n) is 5.96. The van der Waals surface area contributed by atoms with Gasteiger partial charge in [-0.25, -0.2) is 9.97 Å². The predicted octanol–water partition coefficient (Wildman–Crippen LogP) is 4.16. The molecule has 0 fully saturated rings. The van der Waals surface area contributed by atoms with E-state index in [-0.39, 0.29) is 0 Å². The van der Waals surface area contributed by atoms with Crippen LogP contribution in [-0.4, -0.2) is 9.97 Å². The normalized spacial score (nSPS) is 11.2. The molecule has 6 heteroatoms. The van der Waals surface area contributed by atoms with E-state index in [1.54, 1.807) is 11.3 Å². The van der Waals surface area contributed by atoms with E-state index in [2.05, 4.69) is 9.97 Å². The lowest BCUT2D eigenvalue weighted by Gasteiger charge is -1.94. The Morgan fingerprint density at radius 2 is 2.11 bits per heavy atom. The number of anilines is 1. The van der Waals surface area contributed by atoms with Crippen LogP contribution in [0.25, 0.3) is 10.2 Å². The van der Waals surface area contributed by atoms with E-state index in [0.717, 1.165) is 45.2 Å². The number of nitrogen functional groups attached to an aromatic ring is 1. The molecule has 1 aromatic carbocycles. The lowest BCUT2D eigenvalue weighted by molar-refractivity contribution is 0.801. The topological polar surface area (TPSA) is 51.8 Å². The van der Waals surface area contributed by atoms with Crippen LogP contribution in [0.4, 0.5) is 5.13 Å². The molecule has 3 nitrogen and oxygen atoms in total. The monoisotopic (exact) mass is 309 g/mol. The zero-order valence-corrected chi connectivity index (χ0v) is 12.5. The van der Waals surface area contributed by atoms with Gasteiger partial charge in [0.15, 0.2) is 5.13 Å². The average molecular weight is 310 g/mol. The fourth-order valence-electron chi connectivity index (χ4n) is 1.93. The molecule has 0 amide bonds. The number of aromatic nitrogens is 2. The number of aryl methyl sites for hydroxylation is 2. The Bertz CT molecular complexity index is 705. The minimum atomic E-state index is 0.641. The van der Waals surface area contributed by atoms with Gasteiger partial charge in [-0.3, -0.25) is 0 Å². The van der Waals surface area contributed by atoms with E-state index in [9.17, 15) is 0 Å². The highest BCUT2D eigenvalue weighted by Crippen LogP contribution is 2.29. The zero-order valence-electron chi connectivity index (χ0n) is 10.1. The number of thiazole rings is 2. The summed E-state index contributed by atoms with van der Waals surface area (Å²) in [5.41, 5.74) is 7.67. The van der Waals surface area contributed by atoms with Crippen molar-refractivity contribution in [2.75, 3.05) is 5.73 Å². The molecular weight excluding hydrogens is 298 g/mol. The number of rotatable bonds is 4. The fourth-order valence-corrected chi connectivity index (χ4v) is 3.82. The largest absolute Gasteiger partial charge is 0.375 e. The van der Waals surface area contributed by atoms with E-state index in [4.69, 9.17) is 17.3 Å². The molecule has 19 heavy (non-hydrogen) atoms. The van der Waals surface area contributed by atoms with Crippen LogP contribution in [0.3, 0.4) is 0 Å². The number of hydrogen-bond donors (Lipinski definition) is 1. The molecule has 2 aromatic heterocycles. The first-order chi connectivity index (χ1) is 9.22. The average Bonchev–Trinajstić information content (AvgIpc) is 2.97. The molecule has 0 aliphatic heterocycles. The van der Waals surface area contributed by atoms with Gasteiger partial charge in [0.05, 0.1) is 25.9 Å². The second-order valence-electron chi connectivity index (χ2n) is 4.23. The second-order valence-corrected chi connectivity index (χ2v) is 6.61. The Hall–Kier alpha value is -1.17. The summed E-state index contributed by atoms with van der Waals surface area (Å²) in [4.78, 5) is 8.86. The molecule has 0 aliphatic carbocycles. The Labute approximate surface area is 124 Å². The van der Waals surface area contributed by atoms with Crippen molar-refractivity contribution in [1.82, 2.24) is 9.97 Å². The molecule has 2 heterocycles. The molecule has 0 aliphatic rings. The molecule has 0 saturated heterocycles. The van der Waals surface area contributed by atoms with Crippen molar-refractivity contribution in [3.8, 4) is 0 Å². The van der Waals surface area contributed by atoms with Gasteiger partial charge in [0.2, 0.25) is 0 Å². The maximum absolute atomic E-state index is 6.15. The summed E-state index contributed by atoms with van der Waals surface area (Å²) < 4.78 is 1.08. The molecule has 2 N–H and O–H groups in total. The molecule has 3 aromatic rings. The molecular formula is C13H12ClN3S2. The van der Waals surface area contributed by atoms with Gasteiger partial charge in [0.1, 0.15) is 0 Å². The van der Waals surface area contributed by atoms with Gasteiger partial charge in [-0.05, 0) is 31.4 Å². The highest BCUT2D eigenvalue weighted by Gasteiger charge is 2.07. The van der Waals surface area contributed by atoms with Gasteiger partial charge in [-0.15, -0.1) is 22.7 Å². The summed E-state index contributed by atoms with van der Waals surface area (Å²) >= 11 is 9.32. The Morgan fingerprint density at radius 3 is 2.84 bits per heavy atom. The van der Waals surface area contributed by atoms with Gasteiger partial charge in [0, 0.05) is 5.38 Å². The highest BCUT2D eigenvalue weighted by atomic mass is 35.5. The van der Waals surface area contributed by atoms with Crippen molar-refractivity contribution in [3.63, 3.8) is 0 Å². The van der Waals surface area contributed by atoms with Crippen LogP contribution in [0.5, 0.6) is 0 Å². The number of nitrogens with two attached hydrogens (primary N) is 1. The lowest BCUT2D eigenvalue weighted by atomic mass is 10.2. The lowest BCUT2D eigenvalue weighted by Crippen LogP contribution is -1.90. The maximum atomic E-state index is 6.15. The molecule has 0 atom stereocenters. The summed E-state index contributed by atoms with van der Waals surface area (Å²) in [7, 11) is 0. The van der Waals surface area contributed by atoms with E-state index >= 15 is 0 Å². The molecule has 0 spiro atoms. The Balaban J connectivity index is 1.67. The molecule has 0 radical (unpaired) electrons. The number of nitrogens with zero attached hydrogens (tertiary/aromatic N) is 2. The van der Waals surface area contributed by atoms with Gasteiger partial charge in [-0.2, -0.15) is 0 Å². The molecule has 0 bridgehead atoms. The Morgan fingerprint density at radius 1 is 1.21 bits per heavy atom. The van der Waals surface area contributed by atoms with Gasteiger partial charge >= 0.3 is 0 Å². The number of halogens is 1. The minimum Gasteiger partial charge on any atom is -0.375 e. The van der Waals surface area contributed by atoms with Crippen LogP contribution in [0.2, 0.25) is 5.02 Å². The number of hydrogen-bond acceptors (Lipinski definition) is 5. The third kappa shape index (κ3) is 2.88. The van der Waals surface area contributed by atoms with Crippen molar-refractivity contribution in [1.29, 1.82) is 0 Å². The first kappa shape index (κ1) is 12.8. The number of fused-ring (bicyclic) bond motifs is 1. The van der Waals surface area contributed by atoms with Crippen molar-refractivity contribution >= 4 is 49.6 Å². The van der Waals surface area contributed by atoms with Crippen LogP contribution in [0, 0.1) is 0 Å². The summed E-state index contributed by atoms with van der Waals surface area (Å²) in [6.07, 6.45) is 2.92. The SMILES string of the molecule is Nc1nc(CCCc2nc3cccc(Cl)c3s2)cs1. The fraction of sp³-hybridized carbons (Fsp3) is 0.231. The van der Waals surface area contributed by atoms with Gasteiger partial charge in [0.25, 0.3) is 0 Å². The zero-order chi connectivity index (χ0) is 13.2. The van der Waals surface area contributed by atoms with Crippen molar-refractivity contribution < 1.29 is 0 Å². The standard InChI is InChI=1S/C13H12ClN3S2/c14-9-4-2-5-10-12(9)19-11(17-10)6-1-3-8-7-18-13(15)16-8/h2,4-5,7H,1,3,6H2,(H2,15,16). The summed E-state index contributed by atoms with van der Waals surface area (Å²) in [5, 5.41) is 4.58. The first-order valence-corrected chi connectivity index (χ1v) is 8.03. The Kier molecular flexibility index (Phi) is 3.68. The summed E-state index contributed by atoms with van der Waals surface area (Å²) in [6, 6.07) is 5.85. The summed E-state index contributed by atoms with van der Waals surface area (Å²) in [6.45, 7) is 0. The smallest absolute Gasteiger partial charge is 0.180 e. The van der Waals surface area contributed by atoms with E-state index in [1.807, 2.05) is 23.6 Å². The summed E-state index contributed by atoms with van der Waals surface area (Å²) in [5.74, 6) is 0. The van der Waals surface area contributed by atoms with Crippen molar-refractivity contribution in [2.24, 2.45) is 0 Å². The molecule has 98 valence electrons. The molecule has 0 saturated carbocycles. The van der Waals surface area contributed by atoms with Crippen LogP contribution in [0.1, 0.15) is 17.1 Å². The van der Waals surface area contributed by atoms with Crippen LogP contribution in [-0.2, 0) is 12.8 Å².